The van der Waals surface area contributed by atoms with Gasteiger partial charge < -0.3 is 24.5 Å². The lowest BCUT2D eigenvalue weighted by Gasteiger charge is -2.12. The molecule has 0 bridgehead atoms. The maximum atomic E-state index is 11.8. The van der Waals surface area contributed by atoms with Gasteiger partial charge in [0.2, 0.25) is 0 Å². The highest BCUT2D eigenvalue weighted by atomic mass is 16.5. The van der Waals surface area contributed by atoms with Gasteiger partial charge in [-0.3, -0.25) is 0 Å². The Balaban J connectivity index is 2.11. The highest BCUT2D eigenvalue weighted by molar-refractivity contribution is 5.93. The Bertz CT molecular complexity index is 637. The van der Waals surface area contributed by atoms with Gasteiger partial charge in [0.05, 0.1) is 26.5 Å². The number of hydrogen-bond donors (Lipinski definition) is 2. The second-order valence-corrected chi connectivity index (χ2v) is 4.52. The van der Waals surface area contributed by atoms with Gasteiger partial charge in [-0.15, -0.1) is 0 Å². The number of esters is 1. The first-order chi connectivity index (χ1) is 10.7. The zero-order valence-electron chi connectivity index (χ0n) is 12.9. The second kappa shape index (κ2) is 7.40. The number of anilines is 1. The van der Waals surface area contributed by atoms with Crippen molar-refractivity contribution in [3.63, 3.8) is 0 Å². The monoisotopic (exact) mass is 304 g/mol. The third kappa shape index (κ3) is 3.52. The number of aromatic amines is 1. The van der Waals surface area contributed by atoms with Crippen LogP contribution < -0.4 is 14.8 Å². The van der Waals surface area contributed by atoms with Crippen molar-refractivity contribution in [2.24, 2.45) is 0 Å². The summed E-state index contributed by atoms with van der Waals surface area (Å²) in [5, 5.41) is 3.21. The Morgan fingerprint density at radius 2 is 2.05 bits per heavy atom. The summed E-state index contributed by atoms with van der Waals surface area (Å²) in [6.45, 7) is 2.62. The summed E-state index contributed by atoms with van der Waals surface area (Å²) in [6, 6.07) is 7.40. The van der Waals surface area contributed by atoms with Crippen LogP contribution in [0.15, 0.2) is 30.5 Å². The third-order valence-electron chi connectivity index (χ3n) is 3.19. The van der Waals surface area contributed by atoms with Crippen LogP contribution in [0, 0.1) is 0 Å². The molecule has 2 aromatic rings. The lowest BCUT2D eigenvalue weighted by molar-refractivity contribution is 0.0521. The van der Waals surface area contributed by atoms with Gasteiger partial charge in [-0.05, 0) is 25.1 Å². The van der Waals surface area contributed by atoms with Crippen LogP contribution in [-0.2, 0) is 11.3 Å². The normalized spacial score (nSPS) is 10.1. The van der Waals surface area contributed by atoms with Crippen LogP contribution in [0.3, 0.4) is 0 Å². The van der Waals surface area contributed by atoms with Crippen molar-refractivity contribution in [3.05, 3.63) is 41.7 Å². The average Bonchev–Trinajstić information content (AvgIpc) is 3.01. The first-order valence-electron chi connectivity index (χ1n) is 6.98. The van der Waals surface area contributed by atoms with Crippen LogP contribution in [0.4, 0.5) is 5.69 Å². The molecule has 0 aliphatic heterocycles. The lowest BCUT2D eigenvalue weighted by Crippen LogP contribution is -2.09. The van der Waals surface area contributed by atoms with Gasteiger partial charge in [0.15, 0.2) is 0 Å². The highest BCUT2D eigenvalue weighted by Crippen LogP contribution is 2.26. The number of rotatable bonds is 7. The Labute approximate surface area is 129 Å². The maximum absolute atomic E-state index is 11.8. The van der Waals surface area contributed by atoms with Crippen molar-refractivity contribution in [1.29, 1.82) is 0 Å². The number of benzene rings is 1. The third-order valence-corrected chi connectivity index (χ3v) is 3.19. The molecule has 6 nitrogen and oxygen atoms in total. The van der Waals surface area contributed by atoms with E-state index in [1.807, 2.05) is 18.2 Å². The van der Waals surface area contributed by atoms with Gasteiger partial charge in [0.25, 0.3) is 0 Å². The molecule has 0 saturated heterocycles. The standard InChI is InChI=1S/C16H20N2O4/c1-4-22-16(19)15-13(7-8-17-15)18-10-11-5-6-12(20-2)9-14(11)21-3/h5-9,17-18H,4,10H2,1-3H3. The fourth-order valence-electron chi connectivity index (χ4n) is 2.08. The van der Waals surface area contributed by atoms with Crippen molar-refractivity contribution in [2.45, 2.75) is 13.5 Å². The Kier molecular flexibility index (Phi) is 5.30. The van der Waals surface area contributed by atoms with E-state index in [2.05, 4.69) is 10.3 Å². The van der Waals surface area contributed by atoms with Crippen molar-refractivity contribution in [2.75, 3.05) is 26.1 Å². The molecule has 0 aliphatic carbocycles. The van der Waals surface area contributed by atoms with Crippen LogP contribution in [0.1, 0.15) is 23.0 Å². The number of carbonyl (C=O) groups is 1. The van der Waals surface area contributed by atoms with E-state index in [-0.39, 0.29) is 5.97 Å². The molecular weight excluding hydrogens is 284 g/mol. The highest BCUT2D eigenvalue weighted by Gasteiger charge is 2.14. The molecule has 6 heteroatoms. The number of nitrogens with one attached hydrogen (secondary N) is 2. The summed E-state index contributed by atoms with van der Waals surface area (Å²) in [7, 11) is 3.22. The SMILES string of the molecule is CCOC(=O)c1[nH]ccc1NCc1ccc(OC)cc1OC. The summed E-state index contributed by atoms with van der Waals surface area (Å²) in [4.78, 5) is 14.7. The van der Waals surface area contributed by atoms with Gasteiger partial charge in [0.1, 0.15) is 17.2 Å². The molecule has 0 fully saturated rings. The summed E-state index contributed by atoms with van der Waals surface area (Å²) >= 11 is 0. The number of aromatic nitrogens is 1. The van der Waals surface area contributed by atoms with Gasteiger partial charge in [-0.25, -0.2) is 4.79 Å². The fraction of sp³-hybridized carbons (Fsp3) is 0.312. The van der Waals surface area contributed by atoms with Crippen molar-refractivity contribution >= 4 is 11.7 Å². The Morgan fingerprint density at radius 1 is 1.23 bits per heavy atom. The van der Waals surface area contributed by atoms with Crippen molar-refractivity contribution in [1.82, 2.24) is 4.98 Å². The summed E-state index contributed by atoms with van der Waals surface area (Å²) < 4.78 is 15.5. The molecule has 2 N–H and O–H groups in total. The van der Waals surface area contributed by atoms with Crippen molar-refractivity contribution in [3.8, 4) is 11.5 Å². The molecule has 0 aliphatic rings. The van der Waals surface area contributed by atoms with Crippen LogP contribution in [0.2, 0.25) is 0 Å². The van der Waals surface area contributed by atoms with Crippen molar-refractivity contribution < 1.29 is 19.0 Å². The zero-order chi connectivity index (χ0) is 15.9. The fourth-order valence-corrected chi connectivity index (χ4v) is 2.08. The predicted molar refractivity (Wildman–Crippen MR) is 83.6 cm³/mol. The van der Waals surface area contributed by atoms with E-state index in [0.29, 0.717) is 24.5 Å². The van der Waals surface area contributed by atoms with E-state index in [1.165, 1.54) is 0 Å². The average molecular weight is 304 g/mol. The number of carbonyl (C=O) groups excluding carboxylic acids is 1. The molecule has 1 aromatic heterocycles. The molecule has 118 valence electrons. The molecule has 1 aromatic carbocycles. The molecule has 0 spiro atoms. The summed E-state index contributed by atoms with van der Waals surface area (Å²) in [6.07, 6.45) is 1.69. The topological polar surface area (TPSA) is 72.6 Å². The summed E-state index contributed by atoms with van der Waals surface area (Å²) in [5.74, 6) is 1.08. The minimum atomic E-state index is -0.378. The minimum absolute atomic E-state index is 0.337. The number of H-pyrrole nitrogens is 1. The minimum Gasteiger partial charge on any atom is -0.497 e. The predicted octanol–water partition coefficient (Wildman–Crippen LogP) is 2.82. The van der Waals surface area contributed by atoms with E-state index in [4.69, 9.17) is 14.2 Å². The molecule has 0 unspecified atom stereocenters. The molecule has 2 rings (SSSR count). The molecule has 0 radical (unpaired) electrons. The smallest absolute Gasteiger partial charge is 0.356 e. The van der Waals surface area contributed by atoms with E-state index in [1.54, 1.807) is 33.4 Å². The van der Waals surface area contributed by atoms with Gasteiger partial charge in [-0.2, -0.15) is 0 Å². The summed E-state index contributed by atoms with van der Waals surface area (Å²) in [5.41, 5.74) is 2.06. The van der Waals surface area contributed by atoms with E-state index < -0.39 is 0 Å². The van der Waals surface area contributed by atoms with Crippen LogP contribution >= 0.6 is 0 Å². The Hall–Kier alpha value is -2.63. The molecular formula is C16H20N2O4. The molecule has 0 atom stereocenters. The number of ether oxygens (including phenoxy) is 3. The van der Waals surface area contributed by atoms with Crippen LogP contribution in [0.25, 0.3) is 0 Å². The van der Waals surface area contributed by atoms with E-state index in [0.717, 1.165) is 17.1 Å². The van der Waals surface area contributed by atoms with E-state index >= 15 is 0 Å². The first kappa shape index (κ1) is 15.8. The molecule has 22 heavy (non-hydrogen) atoms. The van der Waals surface area contributed by atoms with Gasteiger partial charge in [0, 0.05) is 24.4 Å². The van der Waals surface area contributed by atoms with Gasteiger partial charge in [-0.1, -0.05) is 0 Å². The van der Waals surface area contributed by atoms with Gasteiger partial charge >= 0.3 is 5.97 Å². The van der Waals surface area contributed by atoms with Crippen LogP contribution in [-0.4, -0.2) is 31.8 Å². The molecule has 0 amide bonds. The first-order valence-corrected chi connectivity index (χ1v) is 6.98. The molecule has 1 heterocycles. The second-order valence-electron chi connectivity index (χ2n) is 4.52. The Morgan fingerprint density at radius 3 is 2.73 bits per heavy atom. The lowest BCUT2D eigenvalue weighted by atomic mass is 10.2. The number of methoxy groups -OCH3 is 2. The molecule has 0 saturated carbocycles. The number of hydrogen-bond acceptors (Lipinski definition) is 5. The zero-order valence-corrected chi connectivity index (χ0v) is 12.9. The van der Waals surface area contributed by atoms with Crippen LogP contribution in [0.5, 0.6) is 11.5 Å². The van der Waals surface area contributed by atoms with E-state index in [9.17, 15) is 4.79 Å². The maximum Gasteiger partial charge on any atom is 0.356 e. The largest absolute Gasteiger partial charge is 0.497 e. The quantitative estimate of drug-likeness (QED) is 0.770.